The summed E-state index contributed by atoms with van der Waals surface area (Å²) in [5, 5.41) is 15.9. The topological polar surface area (TPSA) is 114 Å². The number of furan rings is 1. The van der Waals surface area contributed by atoms with Crippen molar-refractivity contribution in [2.24, 2.45) is 5.92 Å². The van der Waals surface area contributed by atoms with E-state index in [4.69, 9.17) is 4.42 Å². The largest absolute Gasteiger partial charge is 0.433 e. The molecule has 1 aliphatic heterocycles. The Morgan fingerprint density at radius 2 is 1.80 bits per heavy atom. The van der Waals surface area contributed by atoms with Crippen molar-refractivity contribution in [1.82, 2.24) is 10.7 Å². The van der Waals surface area contributed by atoms with E-state index in [9.17, 15) is 19.7 Å². The van der Waals surface area contributed by atoms with Gasteiger partial charge in [-0.2, -0.15) is 5.43 Å². The number of nitro groups is 1. The third-order valence-electron chi connectivity index (χ3n) is 6.42. The van der Waals surface area contributed by atoms with Crippen LogP contribution in [0.5, 0.6) is 0 Å². The summed E-state index contributed by atoms with van der Waals surface area (Å²) in [6.07, 6.45) is 3.72. The lowest BCUT2D eigenvalue weighted by Crippen LogP contribution is -2.62. The number of nitrogens with one attached hydrogen (secondary N) is 2. The molecule has 3 aromatic rings. The van der Waals surface area contributed by atoms with Gasteiger partial charge in [0.2, 0.25) is 0 Å². The van der Waals surface area contributed by atoms with Gasteiger partial charge >= 0.3 is 5.88 Å². The molecule has 1 saturated heterocycles. The lowest BCUT2D eigenvalue weighted by atomic mass is 10.0. The molecule has 0 spiro atoms. The van der Waals surface area contributed by atoms with Gasteiger partial charge in [0.25, 0.3) is 11.8 Å². The Balaban J connectivity index is 1.50. The van der Waals surface area contributed by atoms with Gasteiger partial charge in [-0.25, -0.2) is 4.59 Å². The van der Waals surface area contributed by atoms with E-state index in [2.05, 4.69) is 10.7 Å². The van der Waals surface area contributed by atoms with Crippen LogP contribution in [0.25, 0.3) is 10.8 Å². The summed E-state index contributed by atoms with van der Waals surface area (Å²) >= 11 is 0. The minimum absolute atomic E-state index is 0.186. The average molecular weight is 480 g/mol. The molecule has 1 fully saturated rings. The average Bonchev–Trinajstić information content (AvgIpc) is 3.48. The molecular formula is C26H31N4O5+. The van der Waals surface area contributed by atoms with Gasteiger partial charge in [0.15, 0.2) is 0 Å². The first-order chi connectivity index (χ1) is 16.7. The van der Waals surface area contributed by atoms with Crippen molar-refractivity contribution in [1.29, 1.82) is 0 Å². The van der Waals surface area contributed by atoms with Crippen molar-refractivity contribution >= 4 is 28.5 Å². The first-order valence-electron chi connectivity index (χ1n) is 11.9. The highest BCUT2D eigenvalue weighted by molar-refractivity contribution is 6.00. The lowest BCUT2D eigenvalue weighted by molar-refractivity contribution is -0.963. The fourth-order valence-corrected chi connectivity index (χ4v) is 4.73. The number of quaternary nitrogens is 1. The summed E-state index contributed by atoms with van der Waals surface area (Å²) in [4.78, 5) is 37.0. The maximum Gasteiger partial charge on any atom is 0.433 e. The Labute approximate surface area is 203 Å². The van der Waals surface area contributed by atoms with Crippen molar-refractivity contribution < 1.29 is 23.5 Å². The molecule has 184 valence electrons. The highest BCUT2D eigenvalue weighted by Crippen LogP contribution is 2.25. The zero-order valence-corrected chi connectivity index (χ0v) is 20.0. The molecule has 0 unspecified atom stereocenters. The Kier molecular flexibility index (Phi) is 7.16. The van der Waals surface area contributed by atoms with Crippen LogP contribution in [0.15, 0.2) is 59.2 Å². The zero-order valence-electron chi connectivity index (χ0n) is 20.0. The van der Waals surface area contributed by atoms with Gasteiger partial charge in [-0.05, 0) is 35.2 Å². The van der Waals surface area contributed by atoms with Crippen molar-refractivity contribution in [3.63, 3.8) is 0 Å². The van der Waals surface area contributed by atoms with E-state index in [1.807, 2.05) is 50.2 Å². The molecule has 2 N–H and O–H groups in total. The highest BCUT2D eigenvalue weighted by Gasteiger charge is 2.38. The predicted octanol–water partition coefficient (Wildman–Crippen LogP) is 4.33. The molecule has 0 radical (unpaired) electrons. The smallest absolute Gasteiger partial charge is 0.409 e. The number of hydrogen-bond donors (Lipinski definition) is 2. The molecule has 4 rings (SSSR count). The summed E-state index contributed by atoms with van der Waals surface area (Å²) in [6, 6.07) is 14.0. The van der Waals surface area contributed by atoms with Crippen LogP contribution < -0.4 is 10.7 Å². The van der Waals surface area contributed by atoms with E-state index < -0.39 is 11.0 Å². The van der Waals surface area contributed by atoms with Crippen LogP contribution in [-0.4, -0.2) is 40.5 Å². The maximum absolute atomic E-state index is 13.4. The molecule has 0 saturated carbocycles. The molecule has 1 aromatic heterocycles. The number of benzene rings is 2. The Hall–Kier alpha value is -3.72. The molecule has 2 aromatic carbocycles. The number of amides is 2. The lowest BCUT2D eigenvalue weighted by Gasteiger charge is -2.34. The number of carbonyl (C=O) groups excluding carboxylic acids is 2. The van der Waals surface area contributed by atoms with E-state index in [0.717, 1.165) is 23.6 Å². The van der Waals surface area contributed by atoms with Crippen LogP contribution in [0.4, 0.5) is 5.88 Å². The molecule has 2 amide bonds. The molecular weight excluding hydrogens is 448 g/mol. The van der Waals surface area contributed by atoms with Gasteiger partial charge in [0, 0.05) is 18.4 Å². The van der Waals surface area contributed by atoms with Gasteiger partial charge in [-0.3, -0.25) is 19.7 Å². The van der Waals surface area contributed by atoms with E-state index in [0.29, 0.717) is 37.2 Å². The molecule has 1 atom stereocenters. The summed E-state index contributed by atoms with van der Waals surface area (Å²) in [6.45, 7) is 5.81. The van der Waals surface area contributed by atoms with Crippen LogP contribution in [0.1, 0.15) is 49.0 Å². The van der Waals surface area contributed by atoms with E-state index >= 15 is 0 Å². The minimum Gasteiger partial charge on any atom is -0.409 e. The number of likely N-dealkylation sites (tertiary alicyclic amines) is 1. The zero-order chi connectivity index (χ0) is 25.0. The SMILES string of the molecule is CC(C)C[C@H](NC(=O)c1ccc2ccccc2c1)C(=O)N[N+]1(Cc2coc([N+](=O)[O-])c2)CCCC1. The van der Waals surface area contributed by atoms with Crippen molar-refractivity contribution in [3.05, 3.63) is 76.0 Å². The molecule has 0 aliphatic carbocycles. The summed E-state index contributed by atoms with van der Waals surface area (Å²) in [5.74, 6) is -0.682. The number of carbonyl (C=O) groups is 2. The van der Waals surface area contributed by atoms with Gasteiger partial charge < -0.3 is 9.73 Å². The van der Waals surface area contributed by atoms with Crippen molar-refractivity contribution in [3.8, 4) is 0 Å². The number of rotatable bonds is 9. The second-order valence-corrected chi connectivity index (χ2v) is 9.70. The van der Waals surface area contributed by atoms with Crippen LogP contribution in [-0.2, 0) is 11.3 Å². The van der Waals surface area contributed by atoms with Gasteiger partial charge in [0.05, 0.1) is 11.6 Å². The minimum atomic E-state index is -0.705. The van der Waals surface area contributed by atoms with Crippen LogP contribution in [0, 0.1) is 16.0 Å². The molecule has 35 heavy (non-hydrogen) atoms. The maximum atomic E-state index is 13.4. The standard InChI is InChI=1S/C26H30N4O5/c1-18(2)13-23(27-25(31)22-10-9-20-7-3-4-8-21(20)15-22)26(32)28-30(11-5-6-12-30)16-19-14-24(29(33)34)35-17-19/h3-4,7-10,14-15,17-18,23H,5-6,11-13,16H2,1-2H3,(H-,27,28,31,32)/p+1/t23-/m0/s1. The fourth-order valence-electron chi connectivity index (χ4n) is 4.73. The Morgan fingerprint density at radius 1 is 1.09 bits per heavy atom. The number of nitrogens with zero attached hydrogens (tertiary/aromatic N) is 2. The van der Waals surface area contributed by atoms with Crippen molar-refractivity contribution in [2.45, 2.75) is 45.7 Å². The number of hydrogen-bond acceptors (Lipinski definition) is 5. The van der Waals surface area contributed by atoms with Gasteiger partial charge in [0.1, 0.15) is 36.9 Å². The first kappa shape index (κ1) is 24.4. The second-order valence-electron chi connectivity index (χ2n) is 9.70. The van der Waals surface area contributed by atoms with E-state index in [1.54, 1.807) is 6.07 Å². The van der Waals surface area contributed by atoms with Crippen LogP contribution >= 0.6 is 0 Å². The monoisotopic (exact) mass is 479 g/mol. The molecule has 1 aliphatic rings. The van der Waals surface area contributed by atoms with Gasteiger partial charge in [-0.1, -0.05) is 44.2 Å². The fraction of sp³-hybridized carbons (Fsp3) is 0.385. The van der Waals surface area contributed by atoms with Crippen molar-refractivity contribution in [2.75, 3.05) is 13.1 Å². The second kappa shape index (κ2) is 10.3. The van der Waals surface area contributed by atoms with E-state index in [1.165, 1.54) is 12.3 Å². The molecule has 2 heterocycles. The van der Waals surface area contributed by atoms with Crippen LogP contribution in [0.3, 0.4) is 0 Å². The Bertz CT molecular complexity index is 1230. The molecule has 0 bridgehead atoms. The highest BCUT2D eigenvalue weighted by atomic mass is 16.6. The normalized spacial score (nSPS) is 15.7. The predicted molar refractivity (Wildman–Crippen MR) is 131 cm³/mol. The third-order valence-corrected chi connectivity index (χ3v) is 6.42. The third kappa shape index (κ3) is 5.86. The van der Waals surface area contributed by atoms with Crippen LogP contribution in [0.2, 0.25) is 0 Å². The summed E-state index contributed by atoms with van der Waals surface area (Å²) in [7, 11) is 0. The molecule has 9 nitrogen and oxygen atoms in total. The Morgan fingerprint density at radius 3 is 2.46 bits per heavy atom. The summed E-state index contributed by atoms with van der Waals surface area (Å²) < 4.78 is 5.31. The van der Waals surface area contributed by atoms with Gasteiger partial charge in [-0.15, -0.1) is 0 Å². The first-order valence-corrected chi connectivity index (χ1v) is 11.9. The quantitative estimate of drug-likeness (QED) is 0.269. The summed E-state index contributed by atoms with van der Waals surface area (Å²) in [5.41, 5.74) is 4.30. The number of fused-ring (bicyclic) bond motifs is 1. The van der Waals surface area contributed by atoms with E-state index in [-0.39, 0.29) is 28.2 Å². The molecule has 9 heteroatoms.